The molecule has 5 heteroatoms. The summed E-state index contributed by atoms with van der Waals surface area (Å²) in [7, 11) is 0. The van der Waals surface area contributed by atoms with E-state index in [1.165, 1.54) is 6.42 Å². The number of carbonyl (C=O) groups excluding carboxylic acids is 1. The molecular formula is C17H29N3OS. The van der Waals surface area contributed by atoms with E-state index in [4.69, 9.17) is 4.98 Å². The molecule has 4 nitrogen and oxygen atoms in total. The quantitative estimate of drug-likeness (QED) is 0.880. The van der Waals surface area contributed by atoms with E-state index in [0.717, 1.165) is 23.7 Å². The van der Waals surface area contributed by atoms with Gasteiger partial charge in [0.1, 0.15) is 5.01 Å². The van der Waals surface area contributed by atoms with Gasteiger partial charge in [0.05, 0.1) is 11.7 Å². The second-order valence-electron chi connectivity index (χ2n) is 7.68. The van der Waals surface area contributed by atoms with Crippen LogP contribution in [0, 0.1) is 5.92 Å². The SMILES string of the molecule is C[C@@H]1CC[C@H](C)N(C(=O)N[C@H](C)c2nc(C(C)(C)C)cs2)C1. The maximum absolute atomic E-state index is 12.5. The predicted molar refractivity (Wildman–Crippen MR) is 92.3 cm³/mol. The normalized spacial score (nSPS) is 24.2. The third-order valence-corrected chi connectivity index (χ3v) is 5.41. The van der Waals surface area contributed by atoms with Gasteiger partial charge in [-0.25, -0.2) is 9.78 Å². The zero-order valence-electron chi connectivity index (χ0n) is 14.6. The highest BCUT2D eigenvalue weighted by molar-refractivity contribution is 7.09. The van der Waals surface area contributed by atoms with Crippen LogP contribution in [-0.2, 0) is 5.41 Å². The number of carbonyl (C=O) groups is 1. The van der Waals surface area contributed by atoms with Crippen molar-refractivity contribution in [1.82, 2.24) is 15.2 Å². The second-order valence-corrected chi connectivity index (χ2v) is 8.57. The molecule has 1 saturated heterocycles. The molecule has 2 heterocycles. The summed E-state index contributed by atoms with van der Waals surface area (Å²) in [6, 6.07) is 0.321. The van der Waals surface area contributed by atoms with Crippen molar-refractivity contribution < 1.29 is 4.79 Å². The lowest BCUT2D eigenvalue weighted by atomic mass is 9.93. The lowest BCUT2D eigenvalue weighted by Gasteiger charge is -2.37. The fourth-order valence-electron chi connectivity index (χ4n) is 2.73. The van der Waals surface area contributed by atoms with Gasteiger partial charge in [-0.15, -0.1) is 11.3 Å². The molecule has 0 aliphatic carbocycles. The molecule has 0 saturated carbocycles. The van der Waals surface area contributed by atoms with E-state index in [1.807, 2.05) is 11.8 Å². The molecule has 0 aromatic carbocycles. The number of urea groups is 1. The van der Waals surface area contributed by atoms with Crippen LogP contribution >= 0.6 is 11.3 Å². The Labute approximate surface area is 138 Å². The van der Waals surface area contributed by atoms with Gasteiger partial charge in [0.15, 0.2) is 0 Å². The molecule has 1 aromatic heterocycles. The van der Waals surface area contributed by atoms with Crippen molar-refractivity contribution in [2.24, 2.45) is 5.92 Å². The lowest BCUT2D eigenvalue weighted by molar-refractivity contribution is 0.134. The summed E-state index contributed by atoms with van der Waals surface area (Å²) in [5.41, 5.74) is 1.14. The zero-order valence-corrected chi connectivity index (χ0v) is 15.5. The van der Waals surface area contributed by atoms with E-state index in [2.05, 4.69) is 45.3 Å². The molecule has 1 aliphatic rings. The monoisotopic (exact) mass is 323 g/mol. The Hall–Kier alpha value is -1.10. The van der Waals surface area contributed by atoms with Crippen LogP contribution < -0.4 is 5.32 Å². The van der Waals surface area contributed by atoms with Crippen molar-refractivity contribution >= 4 is 17.4 Å². The van der Waals surface area contributed by atoms with Crippen LogP contribution in [0.25, 0.3) is 0 Å². The van der Waals surface area contributed by atoms with E-state index < -0.39 is 0 Å². The van der Waals surface area contributed by atoms with Crippen LogP contribution in [-0.4, -0.2) is 28.5 Å². The zero-order chi connectivity index (χ0) is 16.5. The highest BCUT2D eigenvalue weighted by atomic mass is 32.1. The Morgan fingerprint density at radius 2 is 2.09 bits per heavy atom. The van der Waals surface area contributed by atoms with Gasteiger partial charge >= 0.3 is 6.03 Å². The number of likely N-dealkylation sites (tertiary alicyclic amines) is 1. The number of aromatic nitrogens is 1. The highest BCUT2D eigenvalue weighted by Crippen LogP contribution is 2.27. The summed E-state index contributed by atoms with van der Waals surface area (Å²) in [6.07, 6.45) is 2.30. The molecule has 1 aliphatic heterocycles. The fourth-order valence-corrected chi connectivity index (χ4v) is 3.79. The van der Waals surface area contributed by atoms with Crippen LogP contribution in [0.15, 0.2) is 5.38 Å². The first-order chi connectivity index (χ1) is 10.2. The Balaban J connectivity index is 2.00. The average molecular weight is 324 g/mol. The molecule has 1 aromatic rings. The van der Waals surface area contributed by atoms with Gasteiger partial charge in [-0.05, 0) is 32.6 Å². The number of nitrogens with one attached hydrogen (secondary N) is 1. The number of hydrogen-bond donors (Lipinski definition) is 1. The molecule has 0 spiro atoms. The van der Waals surface area contributed by atoms with Crippen molar-refractivity contribution in [2.45, 2.75) is 71.9 Å². The van der Waals surface area contributed by atoms with Gasteiger partial charge < -0.3 is 10.2 Å². The molecule has 2 rings (SSSR count). The fraction of sp³-hybridized carbons (Fsp3) is 0.765. The van der Waals surface area contributed by atoms with Crippen LogP contribution in [0.2, 0.25) is 0 Å². The summed E-state index contributed by atoms with van der Waals surface area (Å²) < 4.78 is 0. The Bertz CT molecular complexity index is 520. The van der Waals surface area contributed by atoms with E-state index >= 15 is 0 Å². The lowest BCUT2D eigenvalue weighted by Crippen LogP contribution is -2.50. The molecule has 2 amide bonds. The van der Waals surface area contributed by atoms with Crippen molar-refractivity contribution in [2.75, 3.05) is 6.54 Å². The van der Waals surface area contributed by atoms with Crippen LogP contribution in [0.4, 0.5) is 4.79 Å². The largest absolute Gasteiger partial charge is 0.329 e. The van der Waals surface area contributed by atoms with Gasteiger partial charge in [-0.3, -0.25) is 0 Å². The minimum atomic E-state index is -0.0435. The van der Waals surface area contributed by atoms with E-state index in [1.54, 1.807) is 11.3 Å². The van der Waals surface area contributed by atoms with Crippen molar-refractivity contribution in [3.05, 3.63) is 16.1 Å². The third-order valence-electron chi connectivity index (χ3n) is 4.38. The Morgan fingerprint density at radius 3 is 2.68 bits per heavy atom. The van der Waals surface area contributed by atoms with Crippen LogP contribution in [0.1, 0.15) is 71.1 Å². The number of amides is 2. The molecule has 0 unspecified atom stereocenters. The summed E-state index contributed by atoms with van der Waals surface area (Å²) in [5, 5.41) is 6.20. The van der Waals surface area contributed by atoms with Gasteiger partial charge in [-0.2, -0.15) is 0 Å². The molecular weight excluding hydrogens is 294 g/mol. The van der Waals surface area contributed by atoms with E-state index in [9.17, 15) is 4.79 Å². The average Bonchev–Trinajstić information content (AvgIpc) is 2.91. The van der Waals surface area contributed by atoms with Crippen molar-refractivity contribution in [3.8, 4) is 0 Å². The molecule has 0 bridgehead atoms. The first kappa shape index (κ1) is 17.3. The Kier molecular flexibility index (Phi) is 5.15. The summed E-state index contributed by atoms with van der Waals surface area (Å²) in [4.78, 5) is 19.2. The van der Waals surface area contributed by atoms with Gasteiger partial charge in [0.25, 0.3) is 0 Å². The van der Waals surface area contributed by atoms with Crippen molar-refractivity contribution in [3.63, 3.8) is 0 Å². The second kappa shape index (κ2) is 6.57. The van der Waals surface area contributed by atoms with Crippen LogP contribution in [0.5, 0.6) is 0 Å². The summed E-state index contributed by atoms with van der Waals surface area (Å²) in [5.74, 6) is 0.588. The highest BCUT2D eigenvalue weighted by Gasteiger charge is 2.28. The first-order valence-corrected chi connectivity index (χ1v) is 9.09. The molecule has 22 heavy (non-hydrogen) atoms. The number of thiazole rings is 1. The molecule has 1 N–H and O–H groups in total. The van der Waals surface area contributed by atoms with E-state index in [0.29, 0.717) is 12.0 Å². The number of piperidine rings is 1. The first-order valence-electron chi connectivity index (χ1n) is 8.21. The molecule has 3 atom stereocenters. The Morgan fingerprint density at radius 1 is 1.41 bits per heavy atom. The van der Waals surface area contributed by atoms with E-state index in [-0.39, 0.29) is 17.5 Å². The molecule has 124 valence electrons. The van der Waals surface area contributed by atoms with Gasteiger partial charge in [0, 0.05) is 23.4 Å². The number of rotatable bonds is 2. The summed E-state index contributed by atoms with van der Waals surface area (Å²) in [6.45, 7) is 13.7. The topological polar surface area (TPSA) is 45.2 Å². The minimum Gasteiger partial charge on any atom is -0.329 e. The smallest absolute Gasteiger partial charge is 0.318 e. The summed E-state index contributed by atoms with van der Waals surface area (Å²) >= 11 is 1.63. The van der Waals surface area contributed by atoms with Gasteiger partial charge in [-0.1, -0.05) is 27.7 Å². The van der Waals surface area contributed by atoms with Gasteiger partial charge in [0.2, 0.25) is 0 Å². The predicted octanol–water partition coefficient (Wildman–Crippen LogP) is 4.33. The molecule has 1 fully saturated rings. The minimum absolute atomic E-state index is 0.0408. The maximum Gasteiger partial charge on any atom is 0.318 e. The van der Waals surface area contributed by atoms with Crippen LogP contribution in [0.3, 0.4) is 0 Å². The van der Waals surface area contributed by atoms with Crippen molar-refractivity contribution in [1.29, 1.82) is 0 Å². The number of hydrogen-bond acceptors (Lipinski definition) is 3. The third kappa shape index (κ3) is 4.00. The maximum atomic E-state index is 12.5. The molecule has 0 radical (unpaired) electrons. The standard InChI is InChI=1S/C17H29N3OS/c1-11-7-8-12(2)20(9-11)16(21)18-13(3)15-19-14(10-22-15)17(4,5)6/h10-13H,7-9H2,1-6H3,(H,18,21)/t11-,12+,13-/m1/s1. The number of nitrogens with zero attached hydrogens (tertiary/aromatic N) is 2.